The molecule has 1 aromatic heterocycles. The summed E-state index contributed by atoms with van der Waals surface area (Å²) >= 11 is 0. The number of halogens is 2. The van der Waals surface area contributed by atoms with Crippen LogP contribution in [0.4, 0.5) is 14.6 Å². The van der Waals surface area contributed by atoms with E-state index in [0.29, 0.717) is 25.9 Å². The summed E-state index contributed by atoms with van der Waals surface area (Å²) in [5.74, 6) is -1.52. The molecule has 1 saturated carbocycles. The van der Waals surface area contributed by atoms with E-state index < -0.39 is 11.3 Å². The Morgan fingerprint density at radius 3 is 2.40 bits per heavy atom. The first-order valence-electron chi connectivity index (χ1n) is 7.08. The number of nitrogens with zero attached hydrogens (tertiary/aromatic N) is 2. The molecule has 2 aliphatic rings. The molecule has 4 heteroatoms. The molecule has 1 spiro atoms. The van der Waals surface area contributed by atoms with Crippen molar-refractivity contribution < 1.29 is 8.78 Å². The lowest BCUT2D eigenvalue weighted by Crippen LogP contribution is -2.36. The van der Waals surface area contributed by atoms with E-state index in [-0.39, 0.29) is 6.42 Å². The second-order valence-electron chi connectivity index (χ2n) is 6.01. The lowest BCUT2D eigenvalue weighted by Gasteiger charge is -2.33. The van der Waals surface area contributed by atoms with Gasteiger partial charge >= 0.3 is 0 Å². The van der Waals surface area contributed by atoms with Gasteiger partial charge in [-0.2, -0.15) is 0 Å². The number of fused-ring (bicyclic) bond motifs is 1. The average molecular weight is 274 g/mol. The van der Waals surface area contributed by atoms with Gasteiger partial charge < -0.3 is 4.90 Å². The van der Waals surface area contributed by atoms with Crippen molar-refractivity contribution in [1.29, 1.82) is 0 Å². The first kappa shape index (κ1) is 12.1. The number of pyridine rings is 1. The number of benzene rings is 1. The second kappa shape index (κ2) is 3.90. The van der Waals surface area contributed by atoms with E-state index in [4.69, 9.17) is 0 Å². The highest BCUT2D eigenvalue weighted by Gasteiger charge is 2.70. The zero-order valence-electron chi connectivity index (χ0n) is 11.1. The maximum atomic E-state index is 13.4. The summed E-state index contributed by atoms with van der Waals surface area (Å²) in [4.78, 5) is 6.77. The van der Waals surface area contributed by atoms with Gasteiger partial charge in [0.15, 0.2) is 0 Å². The molecule has 0 bridgehead atoms. The molecule has 0 atom stereocenters. The lowest BCUT2D eigenvalue weighted by atomic mass is 9.93. The fourth-order valence-electron chi connectivity index (χ4n) is 3.32. The van der Waals surface area contributed by atoms with E-state index in [2.05, 4.69) is 9.88 Å². The van der Waals surface area contributed by atoms with Gasteiger partial charge in [0.05, 0.1) is 5.52 Å². The van der Waals surface area contributed by atoms with Crippen LogP contribution in [0.1, 0.15) is 19.3 Å². The predicted octanol–water partition coefficient (Wildman–Crippen LogP) is 3.86. The van der Waals surface area contributed by atoms with E-state index in [1.807, 2.05) is 36.4 Å². The van der Waals surface area contributed by atoms with Crippen molar-refractivity contribution in [2.45, 2.75) is 25.2 Å². The van der Waals surface area contributed by atoms with E-state index in [1.165, 1.54) is 0 Å². The number of piperidine rings is 1. The van der Waals surface area contributed by atoms with Crippen molar-refractivity contribution >= 4 is 16.7 Å². The number of rotatable bonds is 1. The van der Waals surface area contributed by atoms with Gasteiger partial charge in [0.1, 0.15) is 5.82 Å². The fraction of sp³-hybridized carbons (Fsp3) is 0.438. The van der Waals surface area contributed by atoms with Crippen molar-refractivity contribution in [3.05, 3.63) is 36.4 Å². The molecule has 0 unspecified atom stereocenters. The van der Waals surface area contributed by atoms with Gasteiger partial charge in [-0.25, -0.2) is 13.8 Å². The van der Waals surface area contributed by atoms with E-state index >= 15 is 0 Å². The minimum atomic E-state index is -2.42. The molecule has 1 saturated heterocycles. The summed E-state index contributed by atoms with van der Waals surface area (Å²) in [5, 5.41) is 1.11. The number of hydrogen-bond acceptors (Lipinski definition) is 2. The predicted molar refractivity (Wildman–Crippen MR) is 75.2 cm³/mol. The highest BCUT2D eigenvalue weighted by atomic mass is 19.3. The van der Waals surface area contributed by atoms with Crippen molar-refractivity contribution in [2.75, 3.05) is 18.0 Å². The summed E-state index contributed by atoms with van der Waals surface area (Å²) in [6.07, 6.45) is 1.24. The van der Waals surface area contributed by atoms with Crippen LogP contribution < -0.4 is 4.90 Å². The normalized spacial score (nSPS) is 23.2. The van der Waals surface area contributed by atoms with Crippen molar-refractivity contribution in [3.8, 4) is 0 Å². The van der Waals surface area contributed by atoms with Crippen LogP contribution in [0.3, 0.4) is 0 Å². The summed E-state index contributed by atoms with van der Waals surface area (Å²) in [5.41, 5.74) is 0.266. The van der Waals surface area contributed by atoms with Gasteiger partial charge in [-0.15, -0.1) is 0 Å². The van der Waals surface area contributed by atoms with Crippen LogP contribution in [0.25, 0.3) is 10.9 Å². The molecule has 1 aromatic carbocycles. The van der Waals surface area contributed by atoms with Crippen molar-refractivity contribution in [2.24, 2.45) is 5.41 Å². The molecule has 4 rings (SSSR count). The highest BCUT2D eigenvalue weighted by Crippen LogP contribution is 2.65. The fourth-order valence-corrected chi connectivity index (χ4v) is 3.32. The third kappa shape index (κ3) is 1.70. The summed E-state index contributed by atoms with van der Waals surface area (Å²) in [6, 6.07) is 12.0. The second-order valence-corrected chi connectivity index (χ2v) is 6.01. The van der Waals surface area contributed by atoms with Crippen LogP contribution in [0.15, 0.2) is 36.4 Å². The molecule has 0 radical (unpaired) electrons. The molecule has 104 valence electrons. The van der Waals surface area contributed by atoms with Gasteiger partial charge in [-0.05, 0) is 31.0 Å². The molecule has 0 amide bonds. The first-order chi connectivity index (χ1) is 9.60. The van der Waals surface area contributed by atoms with E-state index in [1.54, 1.807) is 0 Å². The molecule has 2 nitrogen and oxygen atoms in total. The van der Waals surface area contributed by atoms with Gasteiger partial charge in [-0.3, -0.25) is 0 Å². The maximum Gasteiger partial charge on any atom is 0.254 e. The van der Waals surface area contributed by atoms with Crippen LogP contribution in [0.2, 0.25) is 0 Å². The summed E-state index contributed by atoms with van der Waals surface area (Å²) in [6.45, 7) is 1.36. The number of alkyl halides is 2. The van der Waals surface area contributed by atoms with Crippen LogP contribution in [0, 0.1) is 5.41 Å². The molecule has 1 aliphatic carbocycles. The zero-order chi connectivity index (χ0) is 13.8. The van der Waals surface area contributed by atoms with Gasteiger partial charge in [0.25, 0.3) is 5.92 Å². The Hall–Kier alpha value is -1.71. The molecule has 20 heavy (non-hydrogen) atoms. The molecule has 2 fully saturated rings. The SMILES string of the molecule is FC1(F)CC12CCN(c1ccc3ccccc3n1)CC2. The van der Waals surface area contributed by atoms with Crippen LogP contribution in [-0.4, -0.2) is 24.0 Å². The molecule has 2 aromatic rings. The largest absolute Gasteiger partial charge is 0.357 e. The van der Waals surface area contributed by atoms with Crippen LogP contribution in [0.5, 0.6) is 0 Å². The van der Waals surface area contributed by atoms with Gasteiger partial charge in [0.2, 0.25) is 0 Å². The Bertz CT molecular complexity index is 660. The third-order valence-corrected chi connectivity index (χ3v) is 4.84. The zero-order valence-corrected chi connectivity index (χ0v) is 11.1. The van der Waals surface area contributed by atoms with Crippen molar-refractivity contribution in [3.63, 3.8) is 0 Å². The smallest absolute Gasteiger partial charge is 0.254 e. The van der Waals surface area contributed by atoms with Gasteiger partial charge in [0, 0.05) is 30.3 Å². The van der Waals surface area contributed by atoms with Crippen LogP contribution >= 0.6 is 0 Å². The monoisotopic (exact) mass is 274 g/mol. The number of aromatic nitrogens is 1. The number of hydrogen-bond donors (Lipinski definition) is 0. The average Bonchev–Trinajstić information content (AvgIpc) is 2.99. The van der Waals surface area contributed by atoms with Crippen molar-refractivity contribution in [1.82, 2.24) is 4.98 Å². The van der Waals surface area contributed by atoms with E-state index in [9.17, 15) is 8.78 Å². The van der Waals surface area contributed by atoms with Gasteiger partial charge in [-0.1, -0.05) is 18.2 Å². The third-order valence-electron chi connectivity index (χ3n) is 4.84. The number of para-hydroxylation sites is 1. The highest BCUT2D eigenvalue weighted by molar-refractivity contribution is 5.80. The summed E-state index contributed by atoms with van der Waals surface area (Å²) < 4.78 is 26.8. The standard InChI is InChI=1S/C16H16F2N2/c17-16(18)11-15(16)7-9-20(10-8-15)14-6-5-12-3-1-2-4-13(12)19-14/h1-6H,7-11H2. The molecular weight excluding hydrogens is 258 g/mol. The lowest BCUT2D eigenvalue weighted by molar-refractivity contribution is 0.0536. The number of anilines is 1. The minimum Gasteiger partial charge on any atom is -0.357 e. The topological polar surface area (TPSA) is 16.1 Å². The molecule has 2 heterocycles. The Balaban J connectivity index is 1.56. The summed E-state index contributed by atoms with van der Waals surface area (Å²) in [7, 11) is 0. The maximum absolute atomic E-state index is 13.4. The Kier molecular flexibility index (Phi) is 2.35. The molecular formula is C16H16F2N2. The van der Waals surface area contributed by atoms with E-state index in [0.717, 1.165) is 16.7 Å². The first-order valence-corrected chi connectivity index (χ1v) is 7.08. The molecule has 0 N–H and O–H groups in total. The Labute approximate surface area is 116 Å². The Morgan fingerprint density at radius 2 is 1.70 bits per heavy atom. The Morgan fingerprint density at radius 1 is 1.00 bits per heavy atom. The minimum absolute atomic E-state index is 0.0823. The molecule has 1 aliphatic heterocycles. The quantitative estimate of drug-likeness (QED) is 0.785. The van der Waals surface area contributed by atoms with Crippen LogP contribution in [-0.2, 0) is 0 Å².